The van der Waals surface area contributed by atoms with Gasteiger partial charge in [-0.05, 0) is 45.4 Å². The van der Waals surface area contributed by atoms with Crippen LogP contribution in [0.2, 0.25) is 0 Å². The van der Waals surface area contributed by atoms with E-state index in [2.05, 4.69) is 43.3 Å². The van der Waals surface area contributed by atoms with E-state index in [1.807, 2.05) is 24.3 Å². The largest absolute Gasteiger partial charge is 0.491 e. The molecule has 2 N–H and O–H groups in total. The topological polar surface area (TPSA) is 54.9 Å². The molecule has 0 atom stereocenters. The van der Waals surface area contributed by atoms with Crippen molar-refractivity contribution in [2.75, 3.05) is 26.9 Å². The highest BCUT2D eigenvalue weighted by molar-refractivity contribution is 5.80. The van der Waals surface area contributed by atoms with Crippen LogP contribution in [-0.4, -0.2) is 38.4 Å². The van der Waals surface area contributed by atoms with Gasteiger partial charge in [0.15, 0.2) is 5.96 Å². The molecule has 5 nitrogen and oxygen atoms in total. The molecular weight excluding hydrogens is 278 g/mol. The Bertz CT molecular complexity index is 467. The van der Waals surface area contributed by atoms with Gasteiger partial charge in [-0.1, -0.05) is 12.1 Å². The number of rotatable bonds is 7. The van der Waals surface area contributed by atoms with E-state index in [-0.39, 0.29) is 5.54 Å². The average Bonchev–Trinajstić information content (AvgIpc) is 2.44. The van der Waals surface area contributed by atoms with E-state index in [9.17, 15) is 0 Å². The predicted octanol–water partition coefficient (Wildman–Crippen LogP) is 2.57. The summed E-state index contributed by atoms with van der Waals surface area (Å²) >= 11 is 0. The number of benzene rings is 1. The van der Waals surface area contributed by atoms with Crippen LogP contribution in [0.5, 0.6) is 5.75 Å². The first kappa shape index (κ1) is 18.3. The van der Waals surface area contributed by atoms with Crippen molar-refractivity contribution in [1.29, 1.82) is 0 Å². The lowest BCUT2D eigenvalue weighted by atomic mass is 10.1. The number of guanidine groups is 1. The summed E-state index contributed by atoms with van der Waals surface area (Å²) in [7, 11) is 1.67. The van der Waals surface area contributed by atoms with Gasteiger partial charge >= 0.3 is 0 Å². The Morgan fingerprint density at radius 3 is 2.64 bits per heavy atom. The van der Waals surface area contributed by atoms with Crippen molar-refractivity contribution in [3.63, 3.8) is 0 Å². The number of aliphatic imine (C=N–C) groups is 1. The predicted molar refractivity (Wildman–Crippen MR) is 91.5 cm³/mol. The fourth-order valence-electron chi connectivity index (χ4n) is 1.81. The molecule has 0 saturated heterocycles. The molecule has 0 unspecified atom stereocenters. The molecule has 0 saturated carbocycles. The summed E-state index contributed by atoms with van der Waals surface area (Å²) in [6, 6.07) is 7.99. The SMILES string of the molecule is CCNC(=NCc1cccc(OCCOC)c1)NC(C)(C)C. The van der Waals surface area contributed by atoms with Crippen molar-refractivity contribution in [3.05, 3.63) is 29.8 Å². The second-order valence-corrected chi connectivity index (χ2v) is 6.06. The molecule has 5 heteroatoms. The quantitative estimate of drug-likeness (QED) is 0.462. The van der Waals surface area contributed by atoms with Crippen LogP contribution in [0.15, 0.2) is 29.3 Å². The maximum absolute atomic E-state index is 5.62. The van der Waals surface area contributed by atoms with Crippen molar-refractivity contribution in [1.82, 2.24) is 10.6 Å². The molecule has 0 amide bonds. The molecule has 0 bridgehead atoms. The summed E-state index contributed by atoms with van der Waals surface area (Å²) in [4.78, 5) is 4.62. The molecule has 0 aliphatic rings. The third-order valence-electron chi connectivity index (χ3n) is 2.71. The van der Waals surface area contributed by atoms with Crippen LogP contribution in [0.4, 0.5) is 0 Å². The van der Waals surface area contributed by atoms with Crippen molar-refractivity contribution in [2.45, 2.75) is 39.8 Å². The number of nitrogens with zero attached hydrogens (tertiary/aromatic N) is 1. The molecule has 0 heterocycles. The van der Waals surface area contributed by atoms with Gasteiger partial charge in [0.2, 0.25) is 0 Å². The van der Waals surface area contributed by atoms with Crippen LogP contribution in [0.25, 0.3) is 0 Å². The average molecular weight is 307 g/mol. The second-order valence-electron chi connectivity index (χ2n) is 6.06. The Morgan fingerprint density at radius 2 is 2.00 bits per heavy atom. The molecule has 1 aromatic carbocycles. The summed E-state index contributed by atoms with van der Waals surface area (Å²) < 4.78 is 10.6. The van der Waals surface area contributed by atoms with Gasteiger partial charge in [-0.25, -0.2) is 4.99 Å². The Morgan fingerprint density at radius 1 is 1.23 bits per heavy atom. The Labute approximate surface area is 134 Å². The number of ether oxygens (including phenoxy) is 2. The molecule has 0 aliphatic heterocycles. The Hall–Kier alpha value is -1.75. The first-order valence-electron chi connectivity index (χ1n) is 7.72. The molecule has 0 fully saturated rings. The van der Waals surface area contributed by atoms with E-state index < -0.39 is 0 Å². The first-order valence-corrected chi connectivity index (χ1v) is 7.72. The van der Waals surface area contributed by atoms with E-state index in [0.717, 1.165) is 23.8 Å². The van der Waals surface area contributed by atoms with E-state index in [0.29, 0.717) is 19.8 Å². The zero-order valence-corrected chi connectivity index (χ0v) is 14.4. The van der Waals surface area contributed by atoms with E-state index >= 15 is 0 Å². The highest BCUT2D eigenvalue weighted by Gasteiger charge is 2.11. The van der Waals surface area contributed by atoms with Crippen LogP contribution in [-0.2, 0) is 11.3 Å². The monoisotopic (exact) mass is 307 g/mol. The lowest BCUT2D eigenvalue weighted by Gasteiger charge is -2.23. The number of hydrogen-bond donors (Lipinski definition) is 2. The summed E-state index contributed by atoms with van der Waals surface area (Å²) in [6.07, 6.45) is 0. The molecule has 1 rings (SSSR count). The van der Waals surface area contributed by atoms with Gasteiger partial charge in [0.25, 0.3) is 0 Å². The summed E-state index contributed by atoms with van der Waals surface area (Å²) in [5.41, 5.74) is 1.09. The van der Waals surface area contributed by atoms with E-state index in [4.69, 9.17) is 9.47 Å². The number of methoxy groups -OCH3 is 1. The zero-order chi connectivity index (χ0) is 16.4. The Balaban J connectivity index is 2.66. The second kappa shape index (κ2) is 9.30. The maximum Gasteiger partial charge on any atom is 0.191 e. The highest BCUT2D eigenvalue weighted by atomic mass is 16.5. The molecule has 0 spiro atoms. The molecule has 124 valence electrons. The molecule has 0 radical (unpaired) electrons. The van der Waals surface area contributed by atoms with E-state index in [1.54, 1.807) is 7.11 Å². The smallest absolute Gasteiger partial charge is 0.191 e. The number of nitrogens with one attached hydrogen (secondary N) is 2. The molecular formula is C17H29N3O2. The molecule has 22 heavy (non-hydrogen) atoms. The van der Waals surface area contributed by atoms with Gasteiger partial charge < -0.3 is 20.1 Å². The van der Waals surface area contributed by atoms with Crippen molar-refractivity contribution in [2.24, 2.45) is 4.99 Å². The van der Waals surface area contributed by atoms with E-state index in [1.165, 1.54) is 0 Å². The minimum atomic E-state index is -0.0217. The molecule has 0 aromatic heterocycles. The maximum atomic E-state index is 5.62. The van der Waals surface area contributed by atoms with Gasteiger partial charge in [0.1, 0.15) is 12.4 Å². The van der Waals surface area contributed by atoms with Crippen LogP contribution < -0.4 is 15.4 Å². The molecule has 0 aliphatic carbocycles. The Kier molecular flexibility index (Phi) is 7.74. The van der Waals surface area contributed by atoms with Crippen LogP contribution in [0.1, 0.15) is 33.3 Å². The highest BCUT2D eigenvalue weighted by Crippen LogP contribution is 2.14. The van der Waals surface area contributed by atoms with Gasteiger partial charge in [-0.15, -0.1) is 0 Å². The third kappa shape index (κ3) is 7.88. The normalized spacial score (nSPS) is 12.1. The first-order chi connectivity index (χ1) is 10.4. The minimum absolute atomic E-state index is 0.0217. The number of hydrogen-bond acceptors (Lipinski definition) is 3. The van der Waals surface area contributed by atoms with Crippen LogP contribution in [0.3, 0.4) is 0 Å². The summed E-state index contributed by atoms with van der Waals surface area (Å²) in [5.74, 6) is 1.67. The fraction of sp³-hybridized carbons (Fsp3) is 0.588. The standard InChI is InChI=1S/C17H29N3O2/c1-6-18-16(20-17(2,3)4)19-13-14-8-7-9-15(12-14)22-11-10-21-5/h7-9,12H,6,10-11,13H2,1-5H3,(H2,18,19,20). The zero-order valence-electron chi connectivity index (χ0n) is 14.4. The van der Waals surface area contributed by atoms with Crippen molar-refractivity contribution < 1.29 is 9.47 Å². The molecule has 1 aromatic rings. The van der Waals surface area contributed by atoms with Gasteiger partial charge in [-0.2, -0.15) is 0 Å². The summed E-state index contributed by atoms with van der Waals surface area (Å²) in [5, 5.41) is 6.63. The van der Waals surface area contributed by atoms with Gasteiger partial charge in [-0.3, -0.25) is 0 Å². The van der Waals surface area contributed by atoms with Crippen molar-refractivity contribution in [3.8, 4) is 5.75 Å². The lowest BCUT2D eigenvalue weighted by molar-refractivity contribution is 0.146. The van der Waals surface area contributed by atoms with Gasteiger partial charge in [0.05, 0.1) is 13.2 Å². The van der Waals surface area contributed by atoms with Crippen LogP contribution in [0, 0.1) is 0 Å². The van der Waals surface area contributed by atoms with Gasteiger partial charge in [0, 0.05) is 19.2 Å². The summed E-state index contributed by atoms with van der Waals surface area (Å²) in [6.45, 7) is 11.0. The van der Waals surface area contributed by atoms with Crippen LogP contribution >= 0.6 is 0 Å². The minimum Gasteiger partial charge on any atom is -0.491 e. The van der Waals surface area contributed by atoms with Crippen molar-refractivity contribution >= 4 is 5.96 Å². The third-order valence-corrected chi connectivity index (χ3v) is 2.71. The lowest BCUT2D eigenvalue weighted by Crippen LogP contribution is -2.47. The fourth-order valence-corrected chi connectivity index (χ4v) is 1.81.